The van der Waals surface area contributed by atoms with Crippen LogP contribution in [0.15, 0.2) is 48.5 Å². The normalized spacial score (nSPS) is 14.6. The van der Waals surface area contributed by atoms with Crippen molar-refractivity contribution in [2.24, 2.45) is 0 Å². The van der Waals surface area contributed by atoms with Crippen LogP contribution in [0.2, 0.25) is 0 Å². The van der Waals surface area contributed by atoms with Gasteiger partial charge in [-0.05, 0) is 23.8 Å². The molecule has 2 aromatic carbocycles. The molecule has 2 aromatic rings. The maximum Gasteiger partial charge on any atom is 0.162 e. The Balaban J connectivity index is 1.51. The van der Waals surface area contributed by atoms with Crippen molar-refractivity contribution >= 4 is 0 Å². The Hall–Kier alpha value is -2.04. The number of methoxy groups -OCH3 is 1. The lowest BCUT2D eigenvalue weighted by Gasteiger charge is -2.13. The first-order valence-corrected chi connectivity index (χ1v) is 9.34. The molecule has 1 saturated heterocycles. The van der Waals surface area contributed by atoms with Gasteiger partial charge in [0, 0.05) is 18.4 Å². The molecule has 0 saturated carbocycles. The first kappa shape index (κ1) is 17.8. The van der Waals surface area contributed by atoms with Crippen LogP contribution in [0, 0.1) is 0 Å². The molecule has 0 radical (unpaired) electrons. The molecule has 0 unspecified atom stereocenters. The van der Waals surface area contributed by atoms with Crippen LogP contribution in [0.4, 0.5) is 0 Å². The molecular formula is C21H30N2O2+2. The largest absolute Gasteiger partial charge is 0.493 e. The van der Waals surface area contributed by atoms with Gasteiger partial charge in [-0.2, -0.15) is 0 Å². The van der Waals surface area contributed by atoms with Gasteiger partial charge in [0.25, 0.3) is 0 Å². The number of rotatable bonds is 9. The van der Waals surface area contributed by atoms with Crippen molar-refractivity contribution in [1.82, 2.24) is 0 Å². The molecule has 4 heteroatoms. The molecule has 3 N–H and O–H groups in total. The van der Waals surface area contributed by atoms with Crippen molar-refractivity contribution in [2.45, 2.75) is 26.0 Å². The van der Waals surface area contributed by atoms with E-state index >= 15 is 0 Å². The number of benzene rings is 2. The summed E-state index contributed by atoms with van der Waals surface area (Å²) in [6.45, 7) is 6.71. The third-order valence-electron chi connectivity index (χ3n) is 4.86. The quantitative estimate of drug-likeness (QED) is 0.668. The number of quaternary nitrogens is 2. The Morgan fingerprint density at radius 3 is 2.52 bits per heavy atom. The van der Waals surface area contributed by atoms with Crippen LogP contribution in [0.3, 0.4) is 0 Å². The number of ether oxygens (including phenoxy) is 2. The summed E-state index contributed by atoms with van der Waals surface area (Å²) in [5, 5.41) is 2.40. The van der Waals surface area contributed by atoms with Gasteiger partial charge in [-0.15, -0.1) is 0 Å². The Bertz CT molecular complexity index is 640. The third-order valence-corrected chi connectivity index (χ3v) is 4.86. The highest BCUT2D eigenvalue weighted by Gasteiger charge is 2.15. The summed E-state index contributed by atoms with van der Waals surface area (Å²) < 4.78 is 11.4. The second-order valence-corrected chi connectivity index (χ2v) is 6.75. The lowest BCUT2D eigenvalue weighted by Crippen LogP contribution is -3.12. The smallest absolute Gasteiger partial charge is 0.162 e. The standard InChI is InChI=1S/C21H28N2O2/c1-24-20-10-9-19(16-22-11-14-23-12-5-6-13-23)15-21(20)25-17-18-7-3-2-4-8-18/h2-4,7-10,15,22H,5-6,11-14,16-17H2,1H3/p+2. The number of nitrogens with two attached hydrogens (primary N) is 1. The van der Waals surface area contributed by atoms with E-state index in [1.165, 1.54) is 44.6 Å². The van der Waals surface area contributed by atoms with Gasteiger partial charge < -0.3 is 19.7 Å². The molecule has 0 atom stereocenters. The van der Waals surface area contributed by atoms with Crippen LogP contribution in [-0.2, 0) is 13.2 Å². The summed E-state index contributed by atoms with van der Waals surface area (Å²) in [7, 11) is 1.69. The minimum atomic E-state index is 0.558. The lowest BCUT2D eigenvalue weighted by molar-refractivity contribution is -0.901. The zero-order valence-corrected chi connectivity index (χ0v) is 15.2. The van der Waals surface area contributed by atoms with E-state index in [4.69, 9.17) is 9.47 Å². The molecule has 134 valence electrons. The molecule has 1 heterocycles. The van der Waals surface area contributed by atoms with Gasteiger partial charge in [-0.3, -0.25) is 0 Å². The van der Waals surface area contributed by atoms with Gasteiger partial charge >= 0.3 is 0 Å². The molecule has 0 spiro atoms. The summed E-state index contributed by atoms with van der Waals surface area (Å²) in [6, 6.07) is 16.5. The maximum atomic E-state index is 6.00. The summed E-state index contributed by atoms with van der Waals surface area (Å²) in [4.78, 5) is 1.76. The van der Waals surface area contributed by atoms with Crippen LogP contribution < -0.4 is 19.7 Å². The predicted octanol–water partition coefficient (Wildman–Crippen LogP) is 1.02. The predicted molar refractivity (Wildman–Crippen MR) is 99.1 cm³/mol. The molecule has 4 nitrogen and oxygen atoms in total. The molecule has 1 aliphatic heterocycles. The fraction of sp³-hybridized carbons (Fsp3) is 0.429. The van der Waals surface area contributed by atoms with Crippen molar-refractivity contribution in [3.8, 4) is 11.5 Å². The average Bonchev–Trinajstić information content (AvgIpc) is 3.18. The van der Waals surface area contributed by atoms with Crippen LogP contribution >= 0.6 is 0 Å². The minimum absolute atomic E-state index is 0.558. The van der Waals surface area contributed by atoms with E-state index < -0.39 is 0 Å². The summed E-state index contributed by atoms with van der Waals surface area (Å²) >= 11 is 0. The van der Waals surface area contributed by atoms with E-state index in [1.54, 1.807) is 12.0 Å². The second kappa shape index (κ2) is 9.44. The van der Waals surface area contributed by atoms with Crippen molar-refractivity contribution in [3.05, 3.63) is 59.7 Å². The lowest BCUT2D eigenvalue weighted by atomic mass is 10.2. The van der Waals surface area contributed by atoms with E-state index in [1.807, 2.05) is 24.3 Å². The summed E-state index contributed by atoms with van der Waals surface area (Å²) in [6.07, 6.45) is 2.80. The fourth-order valence-electron chi connectivity index (χ4n) is 3.40. The highest BCUT2D eigenvalue weighted by Crippen LogP contribution is 2.28. The SMILES string of the molecule is COc1ccc(C[NH2+]CC[NH+]2CCCC2)cc1OCc1ccccc1. The van der Waals surface area contributed by atoms with Crippen LogP contribution in [0.25, 0.3) is 0 Å². The Kier molecular flexibility index (Phi) is 6.71. The highest BCUT2D eigenvalue weighted by atomic mass is 16.5. The molecule has 25 heavy (non-hydrogen) atoms. The van der Waals surface area contributed by atoms with E-state index in [0.29, 0.717) is 6.61 Å². The van der Waals surface area contributed by atoms with Gasteiger partial charge in [0.2, 0.25) is 0 Å². The molecule has 1 aliphatic rings. The number of likely N-dealkylation sites (tertiary alicyclic amines) is 1. The Morgan fingerprint density at radius 2 is 1.76 bits per heavy atom. The van der Waals surface area contributed by atoms with E-state index in [0.717, 1.165) is 23.6 Å². The zero-order valence-electron chi connectivity index (χ0n) is 15.2. The molecule has 1 fully saturated rings. The monoisotopic (exact) mass is 342 g/mol. The van der Waals surface area contributed by atoms with Crippen molar-refractivity contribution < 1.29 is 19.7 Å². The summed E-state index contributed by atoms with van der Waals surface area (Å²) in [5.41, 5.74) is 2.44. The van der Waals surface area contributed by atoms with E-state index in [-0.39, 0.29) is 0 Å². The van der Waals surface area contributed by atoms with E-state index in [2.05, 4.69) is 29.6 Å². The Labute approximate surface area is 150 Å². The van der Waals surface area contributed by atoms with Crippen molar-refractivity contribution in [3.63, 3.8) is 0 Å². The fourth-order valence-corrected chi connectivity index (χ4v) is 3.40. The summed E-state index contributed by atoms with van der Waals surface area (Å²) in [5.74, 6) is 1.61. The first-order valence-electron chi connectivity index (χ1n) is 9.34. The van der Waals surface area contributed by atoms with Gasteiger partial charge in [-0.1, -0.05) is 30.3 Å². The molecule has 0 bridgehead atoms. The van der Waals surface area contributed by atoms with Crippen LogP contribution in [-0.4, -0.2) is 33.3 Å². The second-order valence-electron chi connectivity index (χ2n) is 6.75. The number of nitrogens with one attached hydrogen (secondary N) is 1. The molecule has 0 aromatic heterocycles. The van der Waals surface area contributed by atoms with Gasteiger partial charge in [-0.25, -0.2) is 0 Å². The van der Waals surface area contributed by atoms with Crippen molar-refractivity contribution in [2.75, 3.05) is 33.3 Å². The Morgan fingerprint density at radius 1 is 0.960 bits per heavy atom. The van der Waals surface area contributed by atoms with E-state index in [9.17, 15) is 0 Å². The molecular weight excluding hydrogens is 312 g/mol. The topological polar surface area (TPSA) is 39.5 Å². The highest BCUT2D eigenvalue weighted by molar-refractivity contribution is 5.42. The van der Waals surface area contributed by atoms with Crippen LogP contribution in [0.1, 0.15) is 24.0 Å². The third kappa shape index (κ3) is 5.48. The molecule has 3 rings (SSSR count). The number of hydrogen-bond acceptors (Lipinski definition) is 2. The average molecular weight is 342 g/mol. The first-order chi connectivity index (χ1) is 12.3. The van der Waals surface area contributed by atoms with Gasteiger partial charge in [0.1, 0.15) is 26.2 Å². The minimum Gasteiger partial charge on any atom is -0.493 e. The molecule has 0 aliphatic carbocycles. The van der Waals surface area contributed by atoms with Crippen molar-refractivity contribution in [1.29, 1.82) is 0 Å². The maximum absolute atomic E-state index is 6.00. The van der Waals surface area contributed by atoms with Gasteiger partial charge in [0.05, 0.1) is 20.2 Å². The molecule has 0 amide bonds. The van der Waals surface area contributed by atoms with Crippen LogP contribution in [0.5, 0.6) is 11.5 Å². The number of hydrogen-bond donors (Lipinski definition) is 2. The zero-order chi connectivity index (χ0) is 17.3. The van der Waals surface area contributed by atoms with Gasteiger partial charge in [0.15, 0.2) is 11.5 Å².